The molecule has 245 valence electrons. The van der Waals surface area contributed by atoms with Gasteiger partial charge in [0.1, 0.15) is 0 Å². The SMILES string of the molecule is Cc1ccc(N(c2ccc(C)cc2)c2ccc3c(c2)c2cc4c(cc2n3-c2cc[c-]c(-c3ccccn3)c2)C(C)(C)c2ccccc2-4)cc1.[Ir]. The van der Waals surface area contributed by atoms with E-state index in [0.717, 1.165) is 34.0 Å². The van der Waals surface area contributed by atoms with Gasteiger partial charge in [0.15, 0.2) is 0 Å². The summed E-state index contributed by atoms with van der Waals surface area (Å²) in [6.45, 7) is 8.98. The van der Waals surface area contributed by atoms with Gasteiger partial charge >= 0.3 is 0 Å². The topological polar surface area (TPSA) is 21.1 Å². The van der Waals surface area contributed by atoms with Crippen molar-refractivity contribution in [2.75, 3.05) is 4.90 Å². The van der Waals surface area contributed by atoms with Crippen molar-refractivity contribution in [2.24, 2.45) is 0 Å². The van der Waals surface area contributed by atoms with Crippen molar-refractivity contribution in [2.45, 2.75) is 33.1 Å². The number of aryl methyl sites for hydroxylation is 2. The molecule has 0 saturated heterocycles. The number of rotatable bonds is 5. The molecular weight excluding hydrogens is 787 g/mol. The molecule has 2 heterocycles. The van der Waals surface area contributed by atoms with Crippen LogP contribution in [0, 0.1) is 19.9 Å². The van der Waals surface area contributed by atoms with Crippen molar-refractivity contribution in [3.8, 4) is 28.1 Å². The van der Waals surface area contributed by atoms with Crippen molar-refractivity contribution in [3.63, 3.8) is 0 Å². The summed E-state index contributed by atoms with van der Waals surface area (Å²) >= 11 is 0. The number of pyridine rings is 1. The molecule has 0 saturated carbocycles. The van der Waals surface area contributed by atoms with Gasteiger partial charge < -0.3 is 14.5 Å². The number of anilines is 3. The molecule has 1 aliphatic rings. The maximum absolute atomic E-state index is 4.64. The van der Waals surface area contributed by atoms with Crippen molar-refractivity contribution < 1.29 is 20.1 Å². The molecule has 0 atom stereocenters. The van der Waals surface area contributed by atoms with E-state index in [4.69, 9.17) is 0 Å². The number of benzene rings is 6. The van der Waals surface area contributed by atoms with E-state index in [9.17, 15) is 0 Å². The summed E-state index contributed by atoms with van der Waals surface area (Å²) in [5.41, 5.74) is 16.5. The second kappa shape index (κ2) is 12.2. The van der Waals surface area contributed by atoms with E-state index < -0.39 is 0 Å². The second-order valence-electron chi connectivity index (χ2n) is 13.8. The second-order valence-corrected chi connectivity index (χ2v) is 13.8. The smallest absolute Gasteiger partial charge is 0.0527 e. The van der Waals surface area contributed by atoms with Gasteiger partial charge in [-0.2, -0.15) is 0 Å². The van der Waals surface area contributed by atoms with E-state index >= 15 is 0 Å². The summed E-state index contributed by atoms with van der Waals surface area (Å²) in [7, 11) is 0. The Hall–Kier alpha value is -5.28. The minimum absolute atomic E-state index is 0. The summed E-state index contributed by atoms with van der Waals surface area (Å²) in [5, 5.41) is 2.46. The molecule has 0 bridgehead atoms. The summed E-state index contributed by atoms with van der Waals surface area (Å²) in [4.78, 5) is 7.00. The Labute approximate surface area is 307 Å². The monoisotopic (exact) mass is 823 g/mol. The Balaban J connectivity index is 0.00000361. The van der Waals surface area contributed by atoms with Gasteiger partial charge in [-0.25, -0.2) is 0 Å². The van der Waals surface area contributed by atoms with Crippen LogP contribution < -0.4 is 4.90 Å². The maximum Gasteiger partial charge on any atom is 0.0527 e. The van der Waals surface area contributed by atoms with Gasteiger partial charge in [0, 0.05) is 59.6 Å². The first-order chi connectivity index (χ1) is 23.9. The number of fused-ring (bicyclic) bond motifs is 6. The zero-order chi connectivity index (χ0) is 33.3. The van der Waals surface area contributed by atoms with E-state index in [0.29, 0.717) is 0 Å². The van der Waals surface area contributed by atoms with Gasteiger partial charge in [0.25, 0.3) is 0 Å². The largest absolute Gasteiger partial charge is 0.327 e. The van der Waals surface area contributed by atoms with Crippen molar-refractivity contribution >= 4 is 38.9 Å². The Morgan fingerprint density at radius 2 is 1.26 bits per heavy atom. The fourth-order valence-corrected chi connectivity index (χ4v) is 7.72. The minimum Gasteiger partial charge on any atom is -0.327 e. The maximum atomic E-state index is 4.64. The van der Waals surface area contributed by atoms with Crippen molar-refractivity contribution in [1.82, 2.24) is 9.55 Å². The molecular formula is C46H36IrN3-. The van der Waals surface area contributed by atoms with E-state index in [1.54, 1.807) is 0 Å². The molecule has 0 spiro atoms. The number of hydrogen-bond acceptors (Lipinski definition) is 2. The minimum atomic E-state index is -0.107. The molecule has 0 amide bonds. The van der Waals surface area contributed by atoms with Crippen LogP contribution in [0.25, 0.3) is 49.9 Å². The number of aromatic nitrogens is 2. The average molecular weight is 823 g/mol. The predicted molar refractivity (Wildman–Crippen MR) is 205 cm³/mol. The summed E-state index contributed by atoms with van der Waals surface area (Å²) < 4.78 is 2.43. The molecule has 9 rings (SSSR count). The molecule has 0 N–H and O–H groups in total. The van der Waals surface area contributed by atoms with Crippen LogP contribution in [0.2, 0.25) is 0 Å². The molecule has 1 aliphatic carbocycles. The van der Waals surface area contributed by atoms with Gasteiger partial charge in [0.2, 0.25) is 0 Å². The van der Waals surface area contributed by atoms with Crippen LogP contribution in [-0.4, -0.2) is 9.55 Å². The molecule has 1 radical (unpaired) electrons. The summed E-state index contributed by atoms with van der Waals surface area (Å²) in [5.74, 6) is 0. The molecule has 2 aromatic heterocycles. The van der Waals surface area contributed by atoms with Crippen LogP contribution in [0.1, 0.15) is 36.1 Å². The van der Waals surface area contributed by atoms with Crippen LogP contribution in [0.5, 0.6) is 0 Å². The number of hydrogen-bond donors (Lipinski definition) is 0. The first-order valence-electron chi connectivity index (χ1n) is 17.0. The van der Waals surface area contributed by atoms with Crippen molar-refractivity contribution in [1.29, 1.82) is 0 Å². The molecule has 3 nitrogen and oxygen atoms in total. The molecule has 50 heavy (non-hydrogen) atoms. The van der Waals surface area contributed by atoms with Crippen LogP contribution >= 0.6 is 0 Å². The van der Waals surface area contributed by atoms with Gasteiger partial charge in [-0.1, -0.05) is 85.6 Å². The van der Waals surface area contributed by atoms with Gasteiger partial charge in [-0.05, 0) is 108 Å². The standard InChI is InChI=1S/C46H36N3.Ir/c1-30-15-19-33(20-16-30)48(34-21-17-31(2)18-22-34)36-23-24-44-39(27-36)40-28-38-37-12-5-6-13-41(37)46(3,4)42(38)29-45(40)49(44)35-11-9-10-32(26-35)43-14-7-8-25-47-43;/h5-9,11-29H,1-4H3;/q-1;. The molecule has 6 aromatic carbocycles. The fraction of sp³-hybridized carbons (Fsp3) is 0.109. The Bertz CT molecular complexity index is 2480. The Morgan fingerprint density at radius 1 is 0.600 bits per heavy atom. The molecule has 0 unspecified atom stereocenters. The van der Waals surface area contributed by atoms with Crippen LogP contribution in [-0.2, 0) is 25.5 Å². The summed E-state index contributed by atoms with van der Waals surface area (Å²) in [6, 6.07) is 54.2. The first-order valence-corrected chi connectivity index (χ1v) is 17.0. The normalized spacial score (nSPS) is 12.8. The summed E-state index contributed by atoms with van der Waals surface area (Å²) in [6.07, 6.45) is 1.84. The molecule has 8 aromatic rings. The number of nitrogens with zero attached hydrogens (tertiary/aromatic N) is 3. The van der Waals surface area contributed by atoms with E-state index in [2.05, 4.69) is 163 Å². The van der Waals surface area contributed by atoms with Crippen LogP contribution in [0.4, 0.5) is 17.1 Å². The van der Waals surface area contributed by atoms with E-state index in [1.807, 2.05) is 30.5 Å². The van der Waals surface area contributed by atoms with Gasteiger partial charge in [-0.15, -0.1) is 29.8 Å². The zero-order valence-corrected chi connectivity index (χ0v) is 30.9. The first kappa shape index (κ1) is 32.0. The molecule has 4 heteroatoms. The molecule has 0 aliphatic heterocycles. The quantitative estimate of drug-likeness (QED) is 0.161. The Kier molecular flexibility index (Phi) is 7.83. The third-order valence-electron chi connectivity index (χ3n) is 10.3. The third-order valence-corrected chi connectivity index (χ3v) is 10.3. The molecule has 0 fully saturated rings. The zero-order valence-electron chi connectivity index (χ0n) is 28.5. The van der Waals surface area contributed by atoms with E-state index in [-0.39, 0.29) is 25.5 Å². The Morgan fingerprint density at radius 3 is 1.96 bits per heavy atom. The fourth-order valence-electron chi connectivity index (χ4n) is 7.72. The predicted octanol–water partition coefficient (Wildman–Crippen LogP) is 12.0. The van der Waals surface area contributed by atoms with Crippen LogP contribution in [0.15, 0.2) is 146 Å². The third kappa shape index (κ3) is 5.10. The van der Waals surface area contributed by atoms with Gasteiger partial charge in [-0.3, -0.25) is 0 Å². The average Bonchev–Trinajstić information content (AvgIpc) is 3.57. The van der Waals surface area contributed by atoms with Crippen molar-refractivity contribution in [3.05, 3.63) is 174 Å². The van der Waals surface area contributed by atoms with Crippen LogP contribution in [0.3, 0.4) is 0 Å². The van der Waals surface area contributed by atoms with E-state index in [1.165, 1.54) is 55.2 Å². The van der Waals surface area contributed by atoms with Gasteiger partial charge in [0.05, 0.1) is 11.0 Å².